The second-order valence-corrected chi connectivity index (χ2v) is 6.22. The fourth-order valence-electron chi connectivity index (χ4n) is 2.64. The molecule has 0 spiro atoms. The number of nitrogens with one attached hydrogen (secondary N) is 1. The van der Waals surface area contributed by atoms with Crippen LogP contribution < -0.4 is 11.1 Å². The van der Waals surface area contributed by atoms with Crippen LogP contribution >= 0.6 is 0 Å². The lowest BCUT2D eigenvalue weighted by atomic mass is 10.00. The van der Waals surface area contributed by atoms with Crippen LogP contribution in [0.2, 0.25) is 0 Å². The van der Waals surface area contributed by atoms with Crippen molar-refractivity contribution in [2.24, 2.45) is 5.73 Å². The van der Waals surface area contributed by atoms with Gasteiger partial charge in [0.15, 0.2) is 5.78 Å². The van der Waals surface area contributed by atoms with Crippen molar-refractivity contribution in [3.05, 3.63) is 60.2 Å². The first-order valence-corrected chi connectivity index (χ1v) is 8.44. The molecule has 0 saturated carbocycles. The molecule has 0 aliphatic rings. The maximum absolute atomic E-state index is 12.2. The van der Waals surface area contributed by atoms with Crippen molar-refractivity contribution in [2.45, 2.75) is 31.5 Å². The molecular weight excluding hydrogens is 332 g/mol. The average molecular weight is 356 g/mol. The van der Waals surface area contributed by atoms with Crippen LogP contribution in [0.1, 0.15) is 12.5 Å². The van der Waals surface area contributed by atoms with E-state index < -0.39 is 36.5 Å². The van der Waals surface area contributed by atoms with E-state index in [9.17, 15) is 14.7 Å². The zero-order valence-corrected chi connectivity index (χ0v) is 14.6. The molecule has 0 aliphatic heterocycles. The van der Waals surface area contributed by atoms with Gasteiger partial charge in [0.2, 0.25) is 5.91 Å². The number of hydrogen-bond donors (Lipinski definition) is 4. The lowest BCUT2D eigenvalue weighted by molar-refractivity contribution is -0.132. The number of carbonyl (C=O) groups is 2. The summed E-state index contributed by atoms with van der Waals surface area (Å²) in [5, 5.41) is 20.9. The first-order chi connectivity index (χ1) is 12.4. The van der Waals surface area contributed by atoms with E-state index in [1.54, 1.807) is 0 Å². The minimum absolute atomic E-state index is 0.292. The molecule has 138 valence electrons. The first-order valence-electron chi connectivity index (χ1n) is 8.44. The molecule has 2 aromatic carbocycles. The monoisotopic (exact) mass is 356 g/mol. The van der Waals surface area contributed by atoms with Crippen LogP contribution in [0.4, 0.5) is 0 Å². The highest BCUT2D eigenvalue weighted by Gasteiger charge is 2.26. The van der Waals surface area contributed by atoms with E-state index in [1.807, 2.05) is 54.6 Å². The van der Waals surface area contributed by atoms with Gasteiger partial charge in [-0.1, -0.05) is 54.6 Å². The minimum Gasteiger partial charge on any atom is -0.391 e. The highest BCUT2D eigenvalue weighted by molar-refractivity contribution is 5.91. The fourth-order valence-corrected chi connectivity index (χ4v) is 2.64. The van der Waals surface area contributed by atoms with Crippen molar-refractivity contribution in [1.29, 1.82) is 0 Å². The van der Waals surface area contributed by atoms with Crippen LogP contribution in [0.15, 0.2) is 54.6 Å². The maximum Gasteiger partial charge on any atom is 0.237 e. The average Bonchev–Trinajstić information content (AvgIpc) is 2.66. The van der Waals surface area contributed by atoms with Gasteiger partial charge in [-0.3, -0.25) is 9.59 Å². The Morgan fingerprint density at radius 3 is 2.15 bits per heavy atom. The van der Waals surface area contributed by atoms with Gasteiger partial charge in [-0.2, -0.15) is 0 Å². The summed E-state index contributed by atoms with van der Waals surface area (Å²) in [5.41, 5.74) is 8.97. The molecule has 6 heteroatoms. The van der Waals surface area contributed by atoms with Crippen molar-refractivity contribution < 1.29 is 19.8 Å². The predicted octanol–water partition coefficient (Wildman–Crippen LogP) is 0.650. The van der Waals surface area contributed by atoms with Crippen LogP contribution in [0.3, 0.4) is 0 Å². The SMILES string of the molecule is C[C@@H](O)[C@H](NC(=O)[C@H](N)Cc1ccc(-c2ccccc2)cc1)C(=O)CO. The van der Waals surface area contributed by atoms with Gasteiger partial charge >= 0.3 is 0 Å². The number of amides is 1. The number of rotatable bonds is 8. The number of Topliss-reactive ketones (excluding diaryl/α,β-unsaturated/α-hetero) is 1. The van der Waals surface area contributed by atoms with E-state index in [0.29, 0.717) is 6.42 Å². The molecule has 0 aliphatic carbocycles. The van der Waals surface area contributed by atoms with Crippen molar-refractivity contribution in [3.63, 3.8) is 0 Å². The van der Waals surface area contributed by atoms with Crippen molar-refractivity contribution in [3.8, 4) is 11.1 Å². The second kappa shape index (κ2) is 9.24. The van der Waals surface area contributed by atoms with Gasteiger partial charge in [0.05, 0.1) is 12.1 Å². The molecule has 1 amide bonds. The topological polar surface area (TPSA) is 113 Å². The van der Waals surface area contributed by atoms with E-state index in [0.717, 1.165) is 16.7 Å². The van der Waals surface area contributed by atoms with Crippen LogP contribution in [0, 0.1) is 0 Å². The van der Waals surface area contributed by atoms with Crippen LogP contribution in [0.5, 0.6) is 0 Å². The lowest BCUT2D eigenvalue weighted by Gasteiger charge is -2.21. The molecule has 0 fully saturated rings. The summed E-state index contributed by atoms with van der Waals surface area (Å²) in [6.07, 6.45) is -0.822. The Morgan fingerprint density at radius 2 is 1.62 bits per heavy atom. The molecule has 5 N–H and O–H groups in total. The van der Waals surface area contributed by atoms with E-state index in [4.69, 9.17) is 10.8 Å². The standard InChI is InChI=1S/C20H24N2O4/c1-13(24)19(18(25)12-23)22-20(26)17(21)11-14-7-9-16(10-8-14)15-5-3-2-4-6-15/h2-10,13,17,19,23-24H,11-12,21H2,1H3,(H,22,26)/t13-,17-,19+/m1/s1. The Labute approximate surface area is 152 Å². The molecule has 26 heavy (non-hydrogen) atoms. The third-order valence-corrected chi connectivity index (χ3v) is 4.14. The summed E-state index contributed by atoms with van der Waals surface area (Å²) in [6, 6.07) is 15.6. The van der Waals surface area contributed by atoms with Gasteiger partial charge in [0.25, 0.3) is 0 Å². The lowest BCUT2D eigenvalue weighted by Crippen LogP contribution is -2.53. The molecule has 6 nitrogen and oxygen atoms in total. The number of aliphatic hydroxyl groups is 2. The maximum atomic E-state index is 12.2. The smallest absolute Gasteiger partial charge is 0.237 e. The van der Waals surface area contributed by atoms with Gasteiger partial charge in [-0.05, 0) is 30.0 Å². The van der Waals surface area contributed by atoms with Crippen molar-refractivity contribution in [1.82, 2.24) is 5.32 Å². The third kappa shape index (κ3) is 5.23. The summed E-state index contributed by atoms with van der Waals surface area (Å²) in [7, 11) is 0. The van der Waals surface area contributed by atoms with E-state index >= 15 is 0 Å². The first kappa shape index (κ1) is 19.8. The molecule has 2 rings (SSSR count). The Hall–Kier alpha value is -2.54. The Bertz CT molecular complexity index is 729. The highest BCUT2D eigenvalue weighted by atomic mass is 16.3. The molecular formula is C20H24N2O4. The Balaban J connectivity index is 1.99. The summed E-state index contributed by atoms with van der Waals surface area (Å²) < 4.78 is 0. The quantitative estimate of drug-likeness (QED) is 0.555. The Morgan fingerprint density at radius 1 is 1.04 bits per heavy atom. The van der Waals surface area contributed by atoms with Crippen molar-refractivity contribution in [2.75, 3.05) is 6.61 Å². The third-order valence-electron chi connectivity index (χ3n) is 4.14. The van der Waals surface area contributed by atoms with Crippen molar-refractivity contribution >= 4 is 11.7 Å². The molecule has 0 heterocycles. The van der Waals surface area contributed by atoms with Gasteiger partial charge in [0, 0.05) is 0 Å². The number of ketones is 1. The predicted molar refractivity (Wildman–Crippen MR) is 99.3 cm³/mol. The molecule has 0 aromatic heterocycles. The second-order valence-electron chi connectivity index (χ2n) is 6.22. The van der Waals surface area contributed by atoms with E-state index in [1.165, 1.54) is 6.92 Å². The highest BCUT2D eigenvalue weighted by Crippen LogP contribution is 2.19. The normalized spacial score (nSPS) is 14.3. The Kier molecular flexibility index (Phi) is 7.03. The number of benzene rings is 2. The number of hydrogen-bond acceptors (Lipinski definition) is 5. The summed E-state index contributed by atoms with van der Waals surface area (Å²) in [6.45, 7) is 0.609. The fraction of sp³-hybridized carbons (Fsp3) is 0.300. The number of carbonyl (C=O) groups excluding carboxylic acids is 2. The summed E-state index contributed by atoms with van der Waals surface area (Å²) >= 11 is 0. The molecule has 0 bridgehead atoms. The van der Waals surface area contributed by atoms with Crippen LogP contribution in [0.25, 0.3) is 11.1 Å². The molecule has 0 radical (unpaired) electrons. The van der Waals surface area contributed by atoms with E-state index in [-0.39, 0.29) is 0 Å². The zero-order valence-electron chi connectivity index (χ0n) is 14.6. The zero-order chi connectivity index (χ0) is 19.1. The van der Waals surface area contributed by atoms with Crippen LogP contribution in [-0.2, 0) is 16.0 Å². The minimum atomic E-state index is -1.17. The molecule has 3 atom stereocenters. The summed E-state index contributed by atoms with van der Waals surface area (Å²) in [4.78, 5) is 23.8. The molecule has 0 unspecified atom stereocenters. The van der Waals surface area contributed by atoms with Gasteiger partial charge in [-0.15, -0.1) is 0 Å². The van der Waals surface area contributed by atoms with Gasteiger partial charge in [0.1, 0.15) is 12.6 Å². The number of aliphatic hydroxyl groups excluding tert-OH is 2. The van der Waals surface area contributed by atoms with E-state index in [2.05, 4.69) is 5.32 Å². The van der Waals surface area contributed by atoms with Gasteiger partial charge in [-0.25, -0.2) is 0 Å². The summed E-state index contributed by atoms with van der Waals surface area (Å²) in [5.74, 6) is -1.21. The molecule has 2 aromatic rings. The van der Waals surface area contributed by atoms with Gasteiger partial charge < -0.3 is 21.3 Å². The molecule has 0 saturated heterocycles. The van der Waals surface area contributed by atoms with Crippen LogP contribution in [-0.4, -0.2) is 46.7 Å². The number of nitrogens with two attached hydrogens (primary N) is 1. The largest absolute Gasteiger partial charge is 0.391 e.